The predicted octanol–water partition coefficient (Wildman–Crippen LogP) is 5.29. The molecule has 0 saturated heterocycles. The molecular weight excluding hydrogens is 400 g/mol. The van der Waals surface area contributed by atoms with Crippen molar-refractivity contribution >= 4 is 12.0 Å². The summed E-state index contributed by atoms with van der Waals surface area (Å²) in [6.45, 7) is 2.01. The number of hydrogen-bond donors (Lipinski definition) is 0. The zero-order valence-electron chi connectivity index (χ0n) is 17.8. The molecule has 3 heterocycles. The maximum atomic E-state index is 13.2. The number of amides is 1. The molecule has 1 amide bonds. The van der Waals surface area contributed by atoms with Crippen molar-refractivity contribution in [3.63, 3.8) is 0 Å². The number of rotatable bonds is 7. The number of nitrogens with zero attached hydrogens (tertiary/aromatic N) is 4. The third-order valence-corrected chi connectivity index (χ3v) is 5.67. The number of benzene rings is 1. The van der Waals surface area contributed by atoms with Gasteiger partial charge in [-0.1, -0.05) is 18.2 Å². The number of hydrogen-bond acceptors (Lipinski definition) is 4. The molecule has 32 heavy (non-hydrogen) atoms. The third kappa shape index (κ3) is 4.12. The van der Waals surface area contributed by atoms with Crippen LogP contribution in [0.4, 0.5) is 0 Å². The van der Waals surface area contributed by atoms with Gasteiger partial charge in [0.25, 0.3) is 0 Å². The molecular formula is C26H24N4O2. The highest BCUT2D eigenvalue weighted by Crippen LogP contribution is 2.35. The molecule has 6 nitrogen and oxygen atoms in total. The number of furan rings is 1. The third-order valence-electron chi connectivity index (χ3n) is 5.67. The molecule has 0 bridgehead atoms. The zero-order valence-corrected chi connectivity index (χ0v) is 17.8. The van der Waals surface area contributed by atoms with E-state index in [2.05, 4.69) is 4.98 Å². The summed E-state index contributed by atoms with van der Waals surface area (Å²) in [6.07, 6.45) is 12.7. The lowest BCUT2D eigenvalue weighted by atomic mass is 10.1. The van der Waals surface area contributed by atoms with Crippen LogP contribution in [0.2, 0.25) is 0 Å². The molecule has 6 heteroatoms. The molecule has 1 fully saturated rings. The minimum Gasteiger partial charge on any atom is -0.467 e. The molecule has 1 atom stereocenters. The normalized spacial score (nSPS) is 14.5. The van der Waals surface area contributed by atoms with Crippen LogP contribution in [0.3, 0.4) is 0 Å². The highest BCUT2D eigenvalue weighted by atomic mass is 16.3. The Labute approximate surface area is 186 Å². The molecule has 3 aromatic heterocycles. The molecule has 1 aromatic carbocycles. The minimum atomic E-state index is -0.112. The maximum Gasteiger partial charge on any atom is 0.247 e. The molecule has 4 aromatic rings. The molecule has 0 N–H and O–H groups in total. The summed E-state index contributed by atoms with van der Waals surface area (Å²) in [6, 6.07) is 17.7. The first-order valence-electron chi connectivity index (χ1n) is 10.8. The average Bonchev–Trinajstić information content (AvgIpc) is 3.34. The van der Waals surface area contributed by atoms with Gasteiger partial charge in [-0.25, -0.2) is 4.68 Å². The van der Waals surface area contributed by atoms with Crippen LogP contribution in [0.5, 0.6) is 0 Å². The van der Waals surface area contributed by atoms with E-state index in [1.807, 2.05) is 83.4 Å². The van der Waals surface area contributed by atoms with Gasteiger partial charge in [0.15, 0.2) is 0 Å². The first-order chi connectivity index (χ1) is 15.7. The molecule has 0 aliphatic heterocycles. The van der Waals surface area contributed by atoms with Gasteiger partial charge in [0, 0.05) is 41.8 Å². The zero-order chi connectivity index (χ0) is 21.9. The fourth-order valence-electron chi connectivity index (χ4n) is 3.90. The number of aromatic nitrogens is 3. The highest BCUT2D eigenvalue weighted by Gasteiger charge is 2.36. The number of carbonyl (C=O) groups is 1. The Morgan fingerprint density at radius 2 is 2.00 bits per heavy atom. The summed E-state index contributed by atoms with van der Waals surface area (Å²) in [5.74, 6) is 0.771. The van der Waals surface area contributed by atoms with Crippen LogP contribution in [0.15, 0.2) is 89.9 Å². The van der Waals surface area contributed by atoms with Gasteiger partial charge >= 0.3 is 0 Å². The van der Waals surface area contributed by atoms with E-state index in [1.165, 1.54) is 0 Å². The quantitative estimate of drug-likeness (QED) is 0.378. The van der Waals surface area contributed by atoms with Crippen LogP contribution in [0.25, 0.3) is 23.0 Å². The Balaban J connectivity index is 1.47. The largest absolute Gasteiger partial charge is 0.467 e. The molecule has 1 saturated carbocycles. The van der Waals surface area contributed by atoms with E-state index in [0.717, 1.165) is 41.1 Å². The summed E-state index contributed by atoms with van der Waals surface area (Å²) in [4.78, 5) is 19.4. The van der Waals surface area contributed by atoms with Crippen molar-refractivity contribution < 1.29 is 9.21 Å². The number of pyridine rings is 1. The Hall–Kier alpha value is -3.93. The summed E-state index contributed by atoms with van der Waals surface area (Å²) >= 11 is 0. The van der Waals surface area contributed by atoms with Crippen molar-refractivity contribution in [3.05, 3.63) is 96.9 Å². The van der Waals surface area contributed by atoms with Crippen LogP contribution in [0.1, 0.15) is 37.1 Å². The lowest BCUT2D eigenvalue weighted by Gasteiger charge is -2.26. The molecule has 5 rings (SSSR count). The molecule has 0 radical (unpaired) electrons. The summed E-state index contributed by atoms with van der Waals surface area (Å²) in [5, 5.41) is 4.78. The standard InChI is InChI=1S/C26H24N4O2/c1-19(24-10-6-16-32-24)30(23-12-13-23)25(31)14-11-21-18-29(22-8-3-2-4-9-22)28-26(21)20-7-5-15-27-17-20/h2-11,14-19,23H,12-13H2,1H3. The van der Waals surface area contributed by atoms with E-state index in [4.69, 9.17) is 9.52 Å². The Bertz CT molecular complexity index is 1210. The lowest BCUT2D eigenvalue weighted by molar-refractivity contribution is -0.129. The summed E-state index contributed by atoms with van der Waals surface area (Å²) in [7, 11) is 0. The highest BCUT2D eigenvalue weighted by molar-refractivity contribution is 5.93. The second-order valence-corrected chi connectivity index (χ2v) is 7.96. The van der Waals surface area contributed by atoms with E-state index in [0.29, 0.717) is 0 Å². The fraction of sp³-hybridized carbons (Fsp3) is 0.192. The van der Waals surface area contributed by atoms with Crippen LogP contribution < -0.4 is 0 Å². The van der Waals surface area contributed by atoms with E-state index in [9.17, 15) is 4.79 Å². The van der Waals surface area contributed by atoms with E-state index in [1.54, 1.807) is 24.7 Å². The number of para-hydroxylation sites is 1. The molecule has 1 unspecified atom stereocenters. The summed E-state index contributed by atoms with van der Waals surface area (Å²) < 4.78 is 7.39. The van der Waals surface area contributed by atoms with Crippen molar-refractivity contribution in [2.75, 3.05) is 0 Å². The van der Waals surface area contributed by atoms with Crippen molar-refractivity contribution in [3.8, 4) is 16.9 Å². The molecule has 1 aliphatic carbocycles. The van der Waals surface area contributed by atoms with Crippen molar-refractivity contribution in [1.29, 1.82) is 0 Å². The van der Waals surface area contributed by atoms with Gasteiger partial charge in [-0.15, -0.1) is 0 Å². The van der Waals surface area contributed by atoms with E-state index < -0.39 is 0 Å². The van der Waals surface area contributed by atoms with Crippen molar-refractivity contribution in [1.82, 2.24) is 19.7 Å². The fourth-order valence-corrected chi connectivity index (χ4v) is 3.90. The lowest BCUT2D eigenvalue weighted by Crippen LogP contribution is -2.34. The van der Waals surface area contributed by atoms with Crippen molar-refractivity contribution in [2.45, 2.75) is 31.8 Å². The van der Waals surface area contributed by atoms with Gasteiger partial charge in [-0.3, -0.25) is 9.78 Å². The predicted molar refractivity (Wildman–Crippen MR) is 123 cm³/mol. The topological polar surface area (TPSA) is 64.2 Å². The van der Waals surface area contributed by atoms with Gasteiger partial charge in [0.1, 0.15) is 11.5 Å². The molecule has 160 valence electrons. The van der Waals surface area contributed by atoms with Gasteiger partial charge in [-0.2, -0.15) is 5.10 Å². The van der Waals surface area contributed by atoms with Crippen LogP contribution in [-0.4, -0.2) is 31.6 Å². The summed E-state index contributed by atoms with van der Waals surface area (Å²) in [5.41, 5.74) is 3.49. The van der Waals surface area contributed by atoms with Crippen molar-refractivity contribution in [2.24, 2.45) is 0 Å². The monoisotopic (exact) mass is 424 g/mol. The Morgan fingerprint density at radius 3 is 2.69 bits per heavy atom. The molecule has 1 aliphatic rings. The Kier molecular flexibility index (Phi) is 5.42. The smallest absolute Gasteiger partial charge is 0.247 e. The minimum absolute atomic E-state index is 0.0269. The first-order valence-corrected chi connectivity index (χ1v) is 10.8. The number of carbonyl (C=O) groups excluding carboxylic acids is 1. The van der Waals surface area contributed by atoms with Gasteiger partial charge < -0.3 is 9.32 Å². The van der Waals surface area contributed by atoms with Crippen LogP contribution in [-0.2, 0) is 4.79 Å². The second kappa shape index (κ2) is 8.67. The van der Waals surface area contributed by atoms with E-state index >= 15 is 0 Å². The SMILES string of the molecule is CC(c1ccco1)N(C(=O)C=Cc1cn(-c2ccccc2)nc1-c1cccnc1)C1CC1. The molecule has 0 spiro atoms. The van der Waals surface area contributed by atoms with Gasteiger partial charge in [0.2, 0.25) is 5.91 Å². The van der Waals surface area contributed by atoms with Gasteiger partial charge in [0.05, 0.1) is 18.0 Å². The van der Waals surface area contributed by atoms with Crippen LogP contribution in [0, 0.1) is 0 Å². The Morgan fingerprint density at radius 1 is 1.16 bits per heavy atom. The second-order valence-electron chi connectivity index (χ2n) is 7.96. The van der Waals surface area contributed by atoms with Crippen LogP contribution >= 0.6 is 0 Å². The van der Waals surface area contributed by atoms with Gasteiger partial charge in [-0.05, 0) is 62.2 Å². The first kappa shape index (κ1) is 20.0. The van der Waals surface area contributed by atoms with E-state index in [-0.39, 0.29) is 18.0 Å². The maximum absolute atomic E-state index is 13.2. The average molecular weight is 425 g/mol.